The van der Waals surface area contributed by atoms with E-state index in [4.69, 9.17) is 47.5 Å². The maximum atomic E-state index is 14.6. The minimum absolute atomic E-state index is 0.0889. The molecule has 1 aliphatic heterocycles. The van der Waals surface area contributed by atoms with Gasteiger partial charge in [0, 0.05) is 22.0 Å². The maximum Gasteiger partial charge on any atom is 0.338 e. The van der Waals surface area contributed by atoms with Gasteiger partial charge in [-0.1, -0.05) is 89.6 Å². The number of carbonyl (C=O) groups is 1. The minimum atomic E-state index is -0.757. The SMILES string of the molecule is CCOc1cc(C2C(C(=O)OCc3ccccc3)=C(C)Nc3nc(SCc4ccccc4Cl)nn32)cc(Br)c1OCc1c(F)cccc1Cl. The van der Waals surface area contributed by atoms with Gasteiger partial charge in [0.25, 0.3) is 0 Å². The van der Waals surface area contributed by atoms with E-state index < -0.39 is 17.8 Å². The Bertz CT molecular complexity index is 2010. The van der Waals surface area contributed by atoms with E-state index in [1.807, 2.05) is 67.6 Å². The molecule has 1 N–H and O–H groups in total. The lowest BCUT2D eigenvalue weighted by Crippen LogP contribution is -2.29. The van der Waals surface area contributed by atoms with Crippen LogP contribution in [0.1, 0.15) is 42.1 Å². The lowest BCUT2D eigenvalue weighted by Gasteiger charge is -2.29. The fourth-order valence-corrected chi connectivity index (χ4v) is 7.19. The Morgan fingerprint density at radius 2 is 1.76 bits per heavy atom. The normalized spacial score (nSPS) is 13.9. The smallest absolute Gasteiger partial charge is 0.338 e. The molecule has 1 atom stereocenters. The van der Waals surface area contributed by atoms with Gasteiger partial charge in [0.2, 0.25) is 11.1 Å². The van der Waals surface area contributed by atoms with Crippen molar-refractivity contribution in [3.63, 3.8) is 0 Å². The number of ether oxygens (including phenoxy) is 3. The number of nitrogens with zero attached hydrogens (tertiary/aromatic N) is 3. The molecule has 0 saturated carbocycles. The van der Waals surface area contributed by atoms with Crippen LogP contribution in [0.3, 0.4) is 0 Å². The molecule has 0 radical (unpaired) electrons. The van der Waals surface area contributed by atoms with Crippen LogP contribution >= 0.6 is 50.9 Å². The predicted octanol–water partition coefficient (Wildman–Crippen LogP) is 9.79. The van der Waals surface area contributed by atoms with E-state index in [1.54, 1.807) is 23.7 Å². The zero-order valence-electron chi connectivity index (χ0n) is 26.4. The summed E-state index contributed by atoms with van der Waals surface area (Å²) in [5.41, 5.74) is 3.58. The van der Waals surface area contributed by atoms with E-state index in [0.717, 1.165) is 11.1 Å². The number of anilines is 1. The van der Waals surface area contributed by atoms with Crippen LogP contribution in [0.15, 0.2) is 106 Å². The highest BCUT2D eigenvalue weighted by Crippen LogP contribution is 2.44. The predicted molar refractivity (Wildman–Crippen MR) is 193 cm³/mol. The zero-order chi connectivity index (χ0) is 34.5. The van der Waals surface area contributed by atoms with Gasteiger partial charge in [-0.15, -0.1) is 5.10 Å². The largest absolute Gasteiger partial charge is 0.490 e. The third-order valence-electron chi connectivity index (χ3n) is 7.65. The summed E-state index contributed by atoms with van der Waals surface area (Å²) in [6.45, 7) is 3.92. The molecule has 6 rings (SSSR count). The van der Waals surface area contributed by atoms with Crippen LogP contribution in [0.2, 0.25) is 10.0 Å². The number of thioether (sulfide) groups is 1. The molecular formula is C36H30BrCl2FN4O4S. The highest BCUT2D eigenvalue weighted by Gasteiger charge is 2.36. The quantitative estimate of drug-likeness (QED) is 0.0989. The number of esters is 1. The molecule has 0 aliphatic carbocycles. The van der Waals surface area contributed by atoms with Crippen molar-refractivity contribution >= 4 is 62.8 Å². The summed E-state index contributed by atoms with van der Waals surface area (Å²) in [5.74, 6) is 0.727. The highest BCUT2D eigenvalue weighted by atomic mass is 79.9. The molecule has 4 aromatic carbocycles. The number of rotatable bonds is 12. The van der Waals surface area contributed by atoms with Crippen molar-refractivity contribution in [3.8, 4) is 11.5 Å². The van der Waals surface area contributed by atoms with E-state index in [1.165, 1.54) is 23.9 Å². The average molecular weight is 785 g/mol. The molecule has 0 amide bonds. The monoisotopic (exact) mass is 782 g/mol. The number of allylic oxidation sites excluding steroid dienone is 1. The molecular weight excluding hydrogens is 754 g/mol. The lowest BCUT2D eigenvalue weighted by atomic mass is 9.95. The topological polar surface area (TPSA) is 87.5 Å². The second-order valence-corrected chi connectivity index (χ2v) is 13.5. The third-order valence-corrected chi connectivity index (χ3v) is 9.85. The molecule has 1 aliphatic rings. The number of hydrogen-bond acceptors (Lipinski definition) is 8. The molecule has 0 fully saturated rings. The van der Waals surface area contributed by atoms with Gasteiger partial charge in [0.15, 0.2) is 11.5 Å². The van der Waals surface area contributed by atoms with Gasteiger partial charge in [-0.05, 0) is 76.8 Å². The second-order valence-electron chi connectivity index (χ2n) is 10.9. The summed E-state index contributed by atoms with van der Waals surface area (Å²) in [6, 6.07) is 24.4. The molecule has 8 nitrogen and oxygen atoms in total. The summed E-state index contributed by atoms with van der Waals surface area (Å²) in [4.78, 5) is 18.6. The van der Waals surface area contributed by atoms with Gasteiger partial charge >= 0.3 is 5.97 Å². The van der Waals surface area contributed by atoms with Crippen LogP contribution in [0, 0.1) is 5.82 Å². The van der Waals surface area contributed by atoms with Crippen LogP contribution in [-0.2, 0) is 28.5 Å². The molecule has 0 saturated heterocycles. The first-order valence-corrected chi connectivity index (χ1v) is 17.8. The highest BCUT2D eigenvalue weighted by molar-refractivity contribution is 9.10. The first-order valence-electron chi connectivity index (χ1n) is 15.3. The fraction of sp³-hybridized carbons (Fsp3) is 0.194. The van der Waals surface area contributed by atoms with Gasteiger partial charge in [-0.25, -0.2) is 13.9 Å². The van der Waals surface area contributed by atoms with Crippen molar-refractivity contribution in [2.75, 3.05) is 11.9 Å². The van der Waals surface area contributed by atoms with Crippen molar-refractivity contribution in [3.05, 3.63) is 139 Å². The first-order chi connectivity index (χ1) is 23.7. The van der Waals surface area contributed by atoms with E-state index in [-0.39, 0.29) is 23.8 Å². The van der Waals surface area contributed by atoms with Crippen molar-refractivity contribution in [1.29, 1.82) is 0 Å². The summed E-state index contributed by atoms with van der Waals surface area (Å²) < 4.78 is 34.7. The Hall–Kier alpha value is -4.03. The van der Waals surface area contributed by atoms with E-state index in [9.17, 15) is 9.18 Å². The van der Waals surface area contributed by atoms with Gasteiger partial charge in [0.1, 0.15) is 25.1 Å². The molecule has 0 spiro atoms. The van der Waals surface area contributed by atoms with Gasteiger partial charge in [-0.2, -0.15) is 4.98 Å². The molecule has 49 heavy (non-hydrogen) atoms. The van der Waals surface area contributed by atoms with Crippen LogP contribution in [0.5, 0.6) is 11.5 Å². The van der Waals surface area contributed by atoms with Gasteiger partial charge in [-0.3, -0.25) is 0 Å². The Morgan fingerprint density at radius 1 is 1.00 bits per heavy atom. The van der Waals surface area contributed by atoms with Gasteiger partial charge in [0.05, 0.1) is 21.7 Å². The maximum absolute atomic E-state index is 14.6. The van der Waals surface area contributed by atoms with Gasteiger partial charge < -0.3 is 19.5 Å². The zero-order valence-corrected chi connectivity index (χ0v) is 30.3. The van der Waals surface area contributed by atoms with E-state index in [2.05, 4.69) is 21.2 Å². The molecule has 252 valence electrons. The molecule has 1 aromatic heterocycles. The molecule has 1 unspecified atom stereocenters. The summed E-state index contributed by atoms with van der Waals surface area (Å²) in [5, 5.41) is 9.48. The second kappa shape index (κ2) is 15.7. The van der Waals surface area contributed by atoms with Crippen molar-refractivity contribution in [2.45, 2.75) is 44.0 Å². The Balaban J connectivity index is 1.37. The van der Waals surface area contributed by atoms with Crippen molar-refractivity contribution in [1.82, 2.24) is 14.8 Å². The lowest BCUT2D eigenvalue weighted by molar-refractivity contribution is -0.140. The fourth-order valence-electron chi connectivity index (χ4n) is 5.29. The number of nitrogens with one attached hydrogen (secondary N) is 1. The Morgan fingerprint density at radius 3 is 2.51 bits per heavy atom. The van der Waals surface area contributed by atoms with Crippen LogP contribution in [0.4, 0.5) is 10.3 Å². The van der Waals surface area contributed by atoms with E-state index >= 15 is 0 Å². The minimum Gasteiger partial charge on any atom is -0.490 e. The van der Waals surface area contributed by atoms with Crippen LogP contribution in [0.25, 0.3) is 0 Å². The van der Waals surface area contributed by atoms with Crippen molar-refractivity contribution in [2.24, 2.45) is 0 Å². The Kier molecular flexibility index (Phi) is 11.1. The number of benzene rings is 4. The van der Waals surface area contributed by atoms with E-state index in [0.29, 0.717) is 61.3 Å². The van der Waals surface area contributed by atoms with Crippen molar-refractivity contribution < 1.29 is 23.4 Å². The number of hydrogen-bond donors (Lipinski definition) is 1. The summed E-state index contributed by atoms with van der Waals surface area (Å²) in [6.07, 6.45) is 0. The number of aromatic nitrogens is 3. The average Bonchev–Trinajstić information content (AvgIpc) is 3.49. The molecule has 5 aromatic rings. The molecule has 13 heteroatoms. The van der Waals surface area contributed by atoms with Crippen LogP contribution in [-0.4, -0.2) is 27.3 Å². The number of carbonyl (C=O) groups excluding carboxylic acids is 1. The Labute approximate surface area is 305 Å². The standard InChI is InChI=1S/C36H30BrCl2FN4O4S/c1-3-46-30-17-24(16-26(37)33(30)47-19-25-28(39)14-9-15-29(25)40)32-31(34(45)48-18-22-10-5-4-6-11-22)21(2)41-35-42-36(43-44(32)35)49-20-23-12-7-8-13-27(23)38/h4-17,32H,3,18-20H2,1-2H3,(H,41,42,43). The first kappa shape index (κ1) is 34.8. The number of halogens is 4. The number of fused-ring (bicyclic) bond motifs is 1. The molecule has 2 heterocycles. The third kappa shape index (κ3) is 7.91. The summed E-state index contributed by atoms with van der Waals surface area (Å²) in [7, 11) is 0. The van der Waals surface area contributed by atoms with Crippen LogP contribution < -0.4 is 14.8 Å². The molecule has 0 bridgehead atoms. The summed E-state index contributed by atoms with van der Waals surface area (Å²) >= 11 is 17.7.